The van der Waals surface area contributed by atoms with Gasteiger partial charge in [0.25, 0.3) is 0 Å². The van der Waals surface area contributed by atoms with Crippen molar-refractivity contribution in [3.05, 3.63) is 41.7 Å². The highest BCUT2D eigenvalue weighted by Crippen LogP contribution is 2.32. The van der Waals surface area contributed by atoms with Crippen molar-refractivity contribution in [1.82, 2.24) is 20.0 Å². The number of nitrogens with zero attached hydrogens (tertiary/aromatic N) is 5. The van der Waals surface area contributed by atoms with E-state index in [0.717, 1.165) is 48.5 Å². The van der Waals surface area contributed by atoms with Crippen molar-refractivity contribution < 1.29 is 14.0 Å². The molecule has 8 nitrogen and oxygen atoms in total. The van der Waals surface area contributed by atoms with E-state index in [1.54, 1.807) is 14.2 Å². The molecule has 1 aliphatic heterocycles. The summed E-state index contributed by atoms with van der Waals surface area (Å²) in [5, 5.41) is 5.05. The van der Waals surface area contributed by atoms with Gasteiger partial charge in [0.2, 0.25) is 5.89 Å². The summed E-state index contributed by atoms with van der Waals surface area (Å²) in [6, 6.07) is 8.25. The highest BCUT2D eigenvalue weighted by atomic mass is 16.5. The Bertz CT molecular complexity index is 950. The maximum absolute atomic E-state index is 5.51. The number of aromatic nitrogens is 3. The van der Waals surface area contributed by atoms with Gasteiger partial charge >= 0.3 is 0 Å². The average molecular weight is 383 g/mol. The predicted octanol–water partition coefficient (Wildman–Crippen LogP) is 2.40. The maximum Gasteiger partial charge on any atom is 0.240 e. The summed E-state index contributed by atoms with van der Waals surface area (Å²) in [7, 11) is 3.31. The number of para-hydroxylation sites is 1. The van der Waals surface area contributed by atoms with E-state index >= 15 is 0 Å². The number of ether oxygens (including phenoxy) is 2. The topological polar surface area (TPSA) is 76.8 Å². The van der Waals surface area contributed by atoms with E-state index in [-0.39, 0.29) is 0 Å². The lowest BCUT2D eigenvalue weighted by molar-refractivity contribution is 0.174. The van der Waals surface area contributed by atoms with Crippen LogP contribution in [0, 0.1) is 6.92 Å². The summed E-state index contributed by atoms with van der Waals surface area (Å²) < 4.78 is 15.9. The van der Waals surface area contributed by atoms with E-state index in [2.05, 4.69) is 32.1 Å². The number of hydrogen-bond acceptors (Lipinski definition) is 8. The Hall–Kier alpha value is -2.71. The lowest BCUT2D eigenvalue weighted by Gasteiger charge is -2.36. The first-order valence-electron chi connectivity index (χ1n) is 9.40. The van der Waals surface area contributed by atoms with E-state index in [9.17, 15) is 0 Å². The number of fused-ring (bicyclic) bond motifs is 1. The molecular weight excluding hydrogens is 358 g/mol. The summed E-state index contributed by atoms with van der Waals surface area (Å²) in [5.74, 6) is 2.03. The standard InChI is InChI=1S/C20H25N5O3/c1-14-11-16(15-5-4-6-17(27-3)20(15)21-14)25-9-7-24(8-10-25)12-19-22-18(13-26-2)23-28-19/h4-6,11H,7-10,12-13H2,1-3H3. The Balaban J connectivity index is 1.47. The quantitative estimate of drug-likeness (QED) is 0.642. The first-order valence-corrected chi connectivity index (χ1v) is 9.40. The summed E-state index contributed by atoms with van der Waals surface area (Å²) >= 11 is 0. The fourth-order valence-electron chi connectivity index (χ4n) is 3.64. The lowest BCUT2D eigenvalue weighted by Crippen LogP contribution is -2.46. The minimum absolute atomic E-state index is 0.370. The predicted molar refractivity (Wildman–Crippen MR) is 106 cm³/mol. The summed E-state index contributed by atoms with van der Waals surface area (Å²) in [4.78, 5) is 13.8. The number of anilines is 1. The molecule has 28 heavy (non-hydrogen) atoms. The van der Waals surface area contributed by atoms with Crippen LogP contribution in [-0.2, 0) is 17.9 Å². The van der Waals surface area contributed by atoms with Gasteiger partial charge in [0, 0.05) is 50.1 Å². The summed E-state index contributed by atoms with van der Waals surface area (Å²) in [5.41, 5.74) is 3.12. The van der Waals surface area contributed by atoms with Crippen LogP contribution in [0.3, 0.4) is 0 Å². The van der Waals surface area contributed by atoms with E-state index < -0.39 is 0 Å². The van der Waals surface area contributed by atoms with Gasteiger partial charge in [-0.2, -0.15) is 4.98 Å². The molecule has 1 aliphatic rings. The average Bonchev–Trinajstić information content (AvgIpc) is 3.15. The normalized spacial score (nSPS) is 15.3. The van der Waals surface area contributed by atoms with Gasteiger partial charge in [0.05, 0.1) is 13.7 Å². The molecule has 4 rings (SSSR count). The third kappa shape index (κ3) is 3.79. The van der Waals surface area contributed by atoms with Crippen LogP contribution in [0.1, 0.15) is 17.4 Å². The molecule has 0 atom stereocenters. The van der Waals surface area contributed by atoms with E-state index in [0.29, 0.717) is 24.9 Å². The van der Waals surface area contributed by atoms with Crippen molar-refractivity contribution in [2.45, 2.75) is 20.1 Å². The second-order valence-electron chi connectivity index (χ2n) is 6.94. The molecule has 0 saturated carbocycles. The Morgan fingerprint density at radius 1 is 1.11 bits per heavy atom. The van der Waals surface area contributed by atoms with Gasteiger partial charge in [-0.1, -0.05) is 17.3 Å². The molecule has 3 heterocycles. The van der Waals surface area contributed by atoms with Gasteiger partial charge < -0.3 is 18.9 Å². The van der Waals surface area contributed by atoms with Crippen LogP contribution < -0.4 is 9.64 Å². The van der Waals surface area contributed by atoms with Crippen LogP contribution in [0.25, 0.3) is 10.9 Å². The molecule has 0 unspecified atom stereocenters. The van der Waals surface area contributed by atoms with Crippen LogP contribution in [0.2, 0.25) is 0 Å². The van der Waals surface area contributed by atoms with Crippen LogP contribution in [0.5, 0.6) is 5.75 Å². The Labute approximate surface area is 164 Å². The zero-order valence-corrected chi connectivity index (χ0v) is 16.5. The largest absolute Gasteiger partial charge is 0.494 e. The third-order valence-electron chi connectivity index (χ3n) is 4.98. The number of benzene rings is 1. The van der Waals surface area contributed by atoms with Gasteiger partial charge in [-0.3, -0.25) is 4.90 Å². The highest BCUT2D eigenvalue weighted by molar-refractivity contribution is 5.95. The highest BCUT2D eigenvalue weighted by Gasteiger charge is 2.21. The lowest BCUT2D eigenvalue weighted by atomic mass is 10.1. The number of hydrogen-bond donors (Lipinski definition) is 0. The molecule has 0 spiro atoms. The molecule has 0 aliphatic carbocycles. The molecule has 0 amide bonds. The molecule has 0 N–H and O–H groups in total. The van der Waals surface area contributed by atoms with Crippen molar-refractivity contribution in [1.29, 1.82) is 0 Å². The fraction of sp³-hybridized carbons (Fsp3) is 0.450. The van der Waals surface area contributed by atoms with Crippen molar-refractivity contribution in [3.8, 4) is 5.75 Å². The van der Waals surface area contributed by atoms with Crippen LogP contribution in [0.15, 0.2) is 28.8 Å². The SMILES string of the molecule is COCc1noc(CN2CCN(c3cc(C)nc4c(OC)cccc34)CC2)n1. The molecular formula is C20H25N5O3. The Kier molecular flexibility index (Phi) is 5.40. The van der Waals surface area contributed by atoms with Gasteiger partial charge in [0.15, 0.2) is 5.82 Å². The number of rotatable bonds is 6. The maximum atomic E-state index is 5.51. The Morgan fingerprint density at radius 3 is 2.68 bits per heavy atom. The van der Waals surface area contributed by atoms with Gasteiger partial charge in [-0.15, -0.1) is 0 Å². The minimum atomic E-state index is 0.370. The number of methoxy groups -OCH3 is 2. The third-order valence-corrected chi connectivity index (χ3v) is 4.98. The number of pyridine rings is 1. The minimum Gasteiger partial charge on any atom is -0.494 e. The number of aryl methyl sites for hydroxylation is 1. The second-order valence-corrected chi connectivity index (χ2v) is 6.94. The van der Waals surface area contributed by atoms with E-state index in [4.69, 9.17) is 19.0 Å². The first kappa shape index (κ1) is 18.6. The molecule has 2 aromatic heterocycles. The molecule has 0 radical (unpaired) electrons. The smallest absolute Gasteiger partial charge is 0.240 e. The molecule has 148 valence electrons. The molecule has 8 heteroatoms. The van der Waals surface area contributed by atoms with Crippen LogP contribution in [-0.4, -0.2) is 60.4 Å². The van der Waals surface area contributed by atoms with Gasteiger partial charge in [0.1, 0.15) is 17.9 Å². The summed E-state index contributed by atoms with van der Waals surface area (Å²) in [6.45, 7) is 6.76. The monoisotopic (exact) mass is 383 g/mol. The van der Waals surface area contributed by atoms with E-state index in [1.165, 1.54) is 5.69 Å². The zero-order chi connectivity index (χ0) is 19.5. The first-order chi connectivity index (χ1) is 13.7. The Morgan fingerprint density at radius 2 is 1.93 bits per heavy atom. The van der Waals surface area contributed by atoms with Crippen LogP contribution in [0.4, 0.5) is 5.69 Å². The zero-order valence-electron chi connectivity index (χ0n) is 16.5. The van der Waals surface area contributed by atoms with Crippen LogP contribution >= 0.6 is 0 Å². The summed E-state index contributed by atoms with van der Waals surface area (Å²) in [6.07, 6.45) is 0. The second kappa shape index (κ2) is 8.12. The molecule has 0 bridgehead atoms. The van der Waals surface area contributed by atoms with Gasteiger partial charge in [-0.05, 0) is 19.1 Å². The molecule has 1 aromatic carbocycles. The number of piperazine rings is 1. The molecule has 3 aromatic rings. The van der Waals surface area contributed by atoms with Crippen molar-refractivity contribution in [2.75, 3.05) is 45.3 Å². The van der Waals surface area contributed by atoms with Crippen molar-refractivity contribution >= 4 is 16.6 Å². The van der Waals surface area contributed by atoms with Gasteiger partial charge in [-0.25, -0.2) is 4.98 Å². The fourth-order valence-corrected chi connectivity index (χ4v) is 3.64. The molecule has 1 fully saturated rings. The molecule has 1 saturated heterocycles. The van der Waals surface area contributed by atoms with E-state index in [1.807, 2.05) is 19.1 Å². The van der Waals surface area contributed by atoms with Crippen molar-refractivity contribution in [3.63, 3.8) is 0 Å². The van der Waals surface area contributed by atoms with Crippen molar-refractivity contribution in [2.24, 2.45) is 0 Å².